The van der Waals surface area contributed by atoms with Crippen molar-refractivity contribution in [2.45, 2.75) is 29.6 Å². The molecule has 1 aromatic carbocycles. The molecule has 5 rings (SSSR count). The Kier molecular flexibility index (Phi) is 7.77. The van der Waals surface area contributed by atoms with Gasteiger partial charge in [-0.25, -0.2) is 18.4 Å². The van der Waals surface area contributed by atoms with Crippen molar-refractivity contribution in [2.75, 3.05) is 42.9 Å². The van der Waals surface area contributed by atoms with Crippen LogP contribution in [0.15, 0.2) is 65.8 Å². The van der Waals surface area contributed by atoms with E-state index in [1.54, 1.807) is 29.3 Å². The fourth-order valence-electron chi connectivity index (χ4n) is 4.66. The number of alkyl halides is 3. The topological polar surface area (TPSA) is 128 Å². The van der Waals surface area contributed by atoms with Gasteiger partial charge in [-0.2, -0.15) is 17.5 Å². The predicted molar refractivity (Wildman–Crippen MR) is 141 cm³/mol. The summed E-state index contributed by atoms with van der Waals surface area (Å²) < 4.78 is 65.9. The number of aliphatic hydroxyl groups is 1. The highest BCUT2D eigenvalue weighted by Gasteiger charge is 2.35. The van der Waals surface area contributed by atoms with E-state index in [1.165, 1.54) is 22.5 Å². The Hall–Kier alpha value is -3.59. The van der Waals surface area contributed by atoms with Crippen molar-refractivity contribution >= 4 is 27.6 Å². The minimum absolute atomic E-state index is 0.0535. The van der Waals surface area contributed by atoms with Crippen molar-refractivity contribution in [1.82, 2.24) is 19.6 Å². The van der Waals surface area contributed by atoms with E-state index in [-0.39, 0.29) is 42.7 Å². The zero-order chi connectivity index (χ0) is 28.5. The molecule has 40 heavy (non-hydrogen) atoms. The van der Waals surface area contributed by atoms with Gasteiger partial charge in [0, 0.05) is 44.1 Å². The first-order valence-electron chi connectivity index (χ1n) is 12.6. The van der Waals surface area contributed by atoms with Gasteiger partial charge in [0.1, 0.15) is 11.6 Å². The van der Waals surface area contributed by atoms with Crippen molar-refractivity contribution in [3.8, 4) is 11.1 Å². The van der Waals surface area contributed by atoms with Crippen LogP contribution in [0.5, 0.6) is 0 Å². The third kappa shape index (κ3) is 5.94. The minimum atomic E-state index is -4.50. The maximum absolute atomic E-state index is 13.2. The molecule has 0 bridgehead atoms. The summed E-state index contributed by atoms with van der Waals surface area (Å²) in [6, 6.07) is 11.4. The van der Waals surface area contributed by atoms with Crippen molar-refractivity contribution < 1.29 is 31.5 Å². The average Bonchev–Trinajstić information content (AvgIpc) is 2.94. The number of nitrogens with one attached hydrogen (secondary N) is 2. The lowest BCUT2D eigenvalue weighted by Crippen LogP contribution is -2.51. The Morgan fingerprint density at radius 1 is 0.975 bits per heavy atom. The van der Waals surface area contributed by atoms with E-state index in [4.69, 9.17) is 0 Å². The lowest BCUT2D eigenvalue weighted by molar-refractivity contribution is -0.137. The van der Waals surface area contributed by atoms with Crippen LogP contribution in [-0.4, -0.2) is 78.6 Å². The van der Waals surface area contributed by atoms with Gasteiger partial charge in [0.05, 0.1) is 29.1 Å². The van der Waals surface area contributed by atoms with Crippen molar-refractivity contribution in [2.24, 2.45) is 0 Å². The molecule has 14 heteroatoms. The monoisotopic (exact) mass is 576 g/mol. The first-order chi connectivity index (χ1) is 19.0. The highest BCUT2D eigenvalue weighted by Crippen LogP contribution is 2.30. The van der Waals surface area contributed by atoms with E-state index in [1.807, 2.05) is 6.07 Å². The summed E-state index contributed by atoms with van der Waals surface area (Å²) in [5.41, 5.74) is 0.622. The third-order valence-electron chi connectivity index (χ3n) is 6.91. The number of carbonyl (C=O) groups is 1. The summed E-state index contributed by atoms with van der Waals surface area (Å²) >= 11 is 0. The Labute approximate surface area is 228 Å². The lowest BCUT2D eigenvalue weighted by Gasteiger charge is -2.35. The molecule has 2 aliphatic heterocycles. The number of hydrogen-bond acceptors (Lipinski definition) is 8. The number of rotatable bonds is 6. The molecule has 0 aliphatic carbocycles. The second-order valence-electron chi connectivity index (χ2n) is 9.55. The molecule has 0 radical (unpaired) electrons. The van der Waals surface area contributed by atoms with Crippen LogP contribution in [0, 0.1) is 0 Å². The van der Waals surface area contributed by atoms with Gasteiger partial charge in [0.2, 0.25) is 15.9 Å². The van der Waals surface area contributed by atoms with E-state index in [0.29, 0.717) is 25.1 Å². The fourth-order valence-corrected chi connectivity index (χ4v) is 6.13. The van der Waals surface area contributed by atoms with Crippen molar-refractivity contribution in [1.29, 1.82) is 0 Å². The van der Waals surface area contributed by atoms with Gasteiger partial charge in [-0.05, 0) is 48.4 Å². The van der Waals surface area contributed by atoms with Gasteiger partial charge in [-0.1, -0.05) is 12.1 Å². The molecule has 4 heterocycles. The average molecular weight is 577 g/mol. The minimum Gasteiger partial charge on any atom is -0.390 e. The maximum Gasteiger partial charge on any atom is 0.417 e. The molecule has 1 amide bonds. The number of piperazine rings is 1. The van der Waals surface area contributed by atoms with Crippen LogP contribution in [0.25, 0.3) is 11.1 Å². The number of aliphatic hydroxyl groups excluding tert-OH is 1. The predicted octanol–water partition coefficient (Wildman–Crippen LogP) is 2.33. The van der Waals surface area contributed by atoms with Crippen LogP contribution in [0.3, 0.4) is 0 Å². The van der Waals surface area contributed by atoms with Crippen LogP contribution in [0.2, 0.25) is 0 Å². The summed E-state index contributed by atoms with van der Waals surface area (Å²) in [4.78, 5) is 21.9. The van der Waals surface area contributed by atoms with Crippen LogP contribution >= 0.6 is 0 Å². The number of nitrogens with zero attached hydrogens (tertiary/aromatic N) is 4. The van der Waals surface area contributed by atoms with Crippen LogP contribution in [0.1, 0.15) is 12.0 Å². The normalized spacial score (nSPS) is 20.9. The Bertz CT molecular complexity index is 1450. The molecular formula is C26H27F3N6O4S. The van der Waals surface area contributed by atoms with Gasteiger partial charge in [0.25, 0.3) is 0 Å². The second kappa shape index (κ2) is 11.1. The molecule has 0 saturated carbocycles. The van der Waals surface area contributed by atoms with Crippen molar-refractivity contribution in [3.63, 3.8) is 0 Å². The Morgan fingerprint density at radius 3 is 2.33 bits per heavy atom. The first kappa shape index (κ1) is 28.0. The number of carbonyl (C=O) groups excluding carboxylic acids is 1. The quantitative estimate of drug-likeness (QED) is 0.408. The van der Waals surface area contributed by atoms with E-state index in [2.05, 4.69) is 20.6 Å². The summed E-state index contributed by atoms with van der Waals surface area (Å²) in [5.74, 6) is 0.660. The maximum atomic E-state index is 13.2. The van der Waals surface area contributed by atoms with Crippen LogP contribution < -0.4 is 15.5 Å². The molecule has 0 spiro atoms. The number of piperidine rings is 1. The number of β-amino-alcohol motifs (C(OH)–C–C–N with tert-alkyl or cyclic N) is 1. The van der Waals surface area contributed by atoms with Gasteiger partial charge in [-0.3, -0.25) is 9.69 Å². The first-order valence-corrected chi connectivity index (χ1v) is 14.0. The molecule has 2 fully saturated rings. The van der Waals surface area contributed by atoms with E-state index in [0.717, 1.165) is 17.2 Å². The molecule has 0 unspecified atom stereocenters. The number of aromatic nitrogens is 2. The van der Waals surface area contributed by atoms with E-state index in [9.17, 15) is 31.5 Å². The lowest BCUT2D eigenvalue weighted by atomic mass is 10.0. The number of pyridine rings is 2. The van der Waals surface area contributed by atoms with Gasteiger partial charge >= 0.3 is 6.18 Å². The van der Waals surface area contributed by atoms with Crippen LogP contribution in [0.4, 0.5) is 24.8 Å². The SMILES string of the molecule is O=C1CNCCN1c1ccc(-c2ccc(S(=O)(=O)N3CC[C@@H](Nc4ccc(C(F)(F)F)cn4)[C@@H](O)C3)cc2)cn1. The highest BCUT2D eigenvalue weighted by molar-refractivity contribution is 7.89. The molecule has 2 aromatic heterocycles. The molecular weight excluding hydrogens is 549 g/mol. The number of amides is 1. The second-order valence-corrected chi connectivity index (χ2v) is 11.5. The molecule has 2 saturated heterocycles. The number of hydrogen-bond donors (Lipinski definition) is 3. The van der Waals surface area contributed by atoms with Gasteiger partial charge in [0.15, 0.2) is 0 Å². The van der Waals surface area contributed by atoms with Crippen LogP contribution in [-0.2, 0) is 21.0 Å². The molecule has 3 N–H and O–H groups in total. The fraction of sp³-hybridized carbons (Fsp3) is 0.346. The molecule has 3 aromatic rings. The summed E-state index contributed by atoms with van der Waals surface area (Å²) in [5, 5.41) is 16.5. The Morgan fingerprint density at radius 2 is 1.73 bits per heavy atom. The smallest absolute Gasteiger partial charge is 0.390 e. The summed E-state index contributed by atoms with van der Waals surface area (Å²) in [7, 11) is -3.90. The Balaban J connectivity index is 1.21. The number of halogens is 3. The third-order valence-corrected chi connectivity index (χ3v) is 8.79. The number of benzene rings is 1. The molecule has 212 valence electrons. The summed E-state index contributed by atoms with van der Waals surface area (Å²) in [6.07, 6.45) is -3.03. The largest absolute Gasteiger partial charge is 0.417 e. The number of sulfonamides is 1. The summed E-state index contributed by atoms with van der Waals surface area (Å²) in [6.45, 7) is 1.41. The van der Waals surface area contributed by atoms with E-state index < -0.39 is 33.9 Å². The highest BCUT2D eigenvalue weighted by atomic mass is 32.2. The van der Waals surface area contributed by atoms with Gasteiger partial charge in [-0.15, -0.1) is 0 Å². The molecule has 2 aliphatic rings. The number of anilines is 2. The molecule has 2 atom stereocenters. The zero-order valence-corrected chi connectivity index (χ0v) is 22.0. The van der Waals surface area contributed by atoms with Gasteiger partial charge < -0.3 is 15.7 Å². The van der Waals surface area contributed by atoms with E-state index >= 15 is 0 Å². The van der Waals surface area contributed by atoms with Crippen molar-refractivity contribution in [3.05, 3.63) is 66.5 Å². The zero-order valence-electron chi connectivity index (χ0n) is 21.2. The molecule has 10 nitrogen and oxygen atoms in total. The standard InChI is InChI=1S/C26H27F3N6O4S/c27-26(28,29)19-4-7-23(31-14-19)33-21-9-11-34(16-22(21)36)40(38,39)20-5-1-17(2-6-20)18-3-8-24(32-13-18)35-12-10-30-15-25(35)37/h1-8,13-14,21-22,30,36H,9-12,15-16H2,(H,31,33)/t21-,22+/m1/s1.